The molecule has 3 nitrogen and oxygen atoms in total. The number of ether oxygens (including phenoxy) is 2. The number of hydrogen-bond donors (Lipinski definition) is 0. The minimum absolute atomic E-state index is 0.0795. The molecule has 3 heteroatoms. The molecule has 0 spiro atoms. The molecule has 0 amide bonds. The van der Waals surface area contributed by atoms with Gasteiger partial charge in [-0.25, -0.2) is 0 Å². The van der Waals surface area contributed by atoms with Crippen LogP contribution in [-0.2, 0) is 11.2 Å². The first-order valence-corrected chi connectivity index (χ1v) is 6.07. The van der Waals surface area contributed by atoms with Crippen LogP contribution in [0.15, 0.2) is 42.5 Å². The molecule has 0 N–H and O–H groups in total. The van der Waals surface area contributed by atoms with Crippen LogP contribution in [0.1, 0.15) is 12.0 Å². The molecule has 3 rings (SSSR count). The van der Waals surface area contributed by atoms with Crippen molar-refractivity contribution in [3.63, 3.8) is 0 Å². The number of fused-ring (bicyclic) bond motifs is 1. The van der Waals surface area contributed by atoms with E-state index in [0.717, 1.165) is 23.5 Å². The number of hydrogen-bond acceptors (Lipinski definition) is 3. The van der Waals surface area contributed by atoms with Crippen LogP contribution < -0.4 is 9.47 Å². The first-order chi connectivity index (χ1) is 8.83. The van der Waals surface area contributed by atoms with Crippen LogP contribution in [0.5, 0.6) is 11.5 Å². The predicted molar refractivity (Wildman–Crippen MR) is 67.7 cm³/mol. The van der Waals surface area contributed by atoms with E-state index in [-0.39, 0.29) is 18.5 Å². The van der Waals surface area contributed by atoms with Gasteiger partial charge in [0.05, 0.1) is 5.92 Å². The van der Waals surface area contributed by atoms with Gasteiger partial charge in [-0.1, -0.05) is 30.4 Å². The summed E-state index contributed by atoms with van der Waals surface area (Å²) in [7, 11) is 0. The van der Waals surface area contributed by atoms with Crippen molar-refractivity contribution >= 4 is 5.78 Å². The Bertz CT molecular complexity index is 517. The standard InChI is InChI=1S/C15H14O3/c16-13(12-4-2-1-3-5-12)8-11-6-7-14-15(9-11)18-10-17-14/h2-7,9,12H,1,8,10H2. The summed E-state index contributed by atoms with van der Waals surface area (Å²) < 4.78 is 10.5. The van der Waals surface area contributed by atoms with Gasteiger partial charge in [0.2, 0.25) is 6.79 Å². The lowest BCUT2D eigenvalue weighted by Gasteiger charge is -2.10. The molecule has 0 saturated carbocycles. The van der Waals surface area contributed by atoms with Gasteiger partial charge in [-0.15, -0.1) is 0 Å². The molecule has 2 aliphatic rings. The average Bonchev–Trinajstić information content (AvgIpc) is 2.87. The fraction of sp³-hybridized carbons (Fsp3) is 0.267. The zero-order valence-corrected chi connectivity index (χ0v) is 9.96. The maximum Gasteiger partial charge on any atom is 0.231 e. The van der Waals surface area contributed by atoms with Crippen molar-refractivity contribution in [1.82, 2.24) is 0 Å². The molecule has 0 aromatic heterocycles. The van der Waals surface area contributed by atoms with Crippen LogP contribution in [0, 0.1) is 5.92 Å². The van der Waals surface area contributed by atoms with E-state index in [1.54, 1.807) is 0 Å². The number of carbonyl (C=O) groups excluding carboxylic acids is 1. The number of allylic oxidation sites excluding steroid dienone is 4. The van der Waals surface area contributed by atoms with Crippen molar-refractivity contribution in [3.8, 4) is 11.5 Å². The zero-order valence-electron chi connectivity index (χ0n) is 9.96. The second kappa shape index (κ2) is 4.69. The van der Waals surface area contributed by atoms with Crippen molar-refractivity contribution in [1.29, 1.82) is 0 Å². The summed E-state index contributed by atoms with van der Waals surface area (Å²) in [5.74, 6) is 1.61. The first-order valence-electron chi connectivity index (χ1n) is 6.07. The highest BCUT2D eigenvalue weighted by Gasteiger charge is 2.17. The van der Waals surface area contributed by atoms with Gasteiger partial charge >= 0.3 is 0 Å². The summed E-state index contributed by atoms with van der Waals surface area (Å²) in [6, 6.07) is 5.66. The Morgan fingerprint density at radius 2 is 1.94 bits per heavy atom. The molecule has 0 unspecified atom stereocenters. The summed E-state index contributed by atoms with van der Waals surface area (Å²) >= 11 is 0. The number of carbonyl (C=O) groups is 1. The van der Waals surface area contributed by atoms with E-state index in [9.17, 15) is 4.79 Å². The third kappa shape index (κ3) is 2.16. The molecule has 1 aliphatic heterocycles. The fourth-order valence-corrected chi connectivity index (χ4v) is 2.18. The van der Waals surface area contributed by atoms with E-state index in [1.165, 1.54) is 0 Å². The third-order valence-corrected chi connectivity index (χ3v) is 3.15. The van der Waals surface area contributed by atoms with Crippen molar-refractivity contribution in [2.45, 2.75) is 12.8 Å². The van der Waals surface area contributed by atoms with Crippen molar-refractivity contribution in [3.05, 3.63) is 48.1 Å². The summed E-state index contributed by atoms with van der Waals surface area (Å²) in [5.41, 5.74) is 0.969. The average molecular weight is 242 g/mol. The maximum absolute atomic E-state index is 12.1. The SMILES string of the molecule is O=C(Cc1ccc2c(c1)OCO2)C1C=CCC=C1. The van der Waals surface area contributed by atoms with Gasteiger partial charge in [-0.3, -0.25) is 4.79 Å². The van der Waals surface area contributed by atoms with E-state index >= 15 is 0 Å². The molecular formula is C15H14O3. The Balaban J connectivity index is 1.72. The van der Waals surface area contributed by atoms with E-state index < -0.39 is 0 Å². The Hall–Kier alpha value is -2.03. The van der Waals surface area contributed by atoms with E-state index in [4.69, 9.17) is 9.47 Å². The summed E-state index contributed by atoms with van der Waals surface area (Å²) in [6.07, 6.45) is 9.35. The molecule has 1 aliphatic carbocycles. The number of Topliss-reactive ketones (excluding diaryl/α,β-unsaturated/α-hetero) is 1. The monoisotopic (exact) mass is 242 g/mol. The Kier molecular flexibility index (Phi) is 2.89. The second-order valence-corrected chi connectivity index (χ2v) is 4.45. The van der Waals surface area contributed by atoms with Crippen LogP contribution in [0.25, 0.3) is 0 Å². The predicted octanol–water partition coefficient (Wildman–Crippen LogP) is 2.66. The number of rotatable bonds is 3. The molecule has 18 heavy (non-hydrogen) atoms. The highest BCUT2D eigenvalue weighted by molar-refractivity contribution is 5.86. The van der Waals surface area contributed by atoms with Crippen LogP contribution in [-0.4, -0.2) is 12.6 Å². The van der Waals surface area contributed by atoms with Gasteiger partial charge in [0.1, 0.15) is 5.78 Å². The van der Waals surface area contributed by atoms with E-state index in [1.807, 2.05) is 42.5 Å². The molecule has 0 bridgehead atoms. The van der Waals surface area contributed by atoms with Crippen LogP contribution in [0.4, 0.5) is 0 Å². The molecule has 1 aromatic rings. The lowest BCUT2D eigenvalue weighted by Crippen LogP contribution is -2.13. The van der Waals surface area contributed by atoms with Crippen molar-refractivity contribution in [2.75, 3.05) is 6.79 Å². The molecule has 1 heterocycles. The highest BCUT2D eigenvalue weighted by atomic mass is 16.7. The second-order valence-electron chi connectivity index (χ2n) is 4.45. The van der Waals surface area contributed by atoms with Gasteiger partial charge in [0, 0.05) is 6.42 Å². The molecule has 0 fully saturated rings. The normalized spacial score (nSPS) is 17.1. The van der Waals surface area contributed by atoms with Crippen LogP contribution >= 0.6 is 0 Å². The Morgan fingerprint density at radius 3 is 2.78 bits per heavy atom. The molecule has 1 aromatic carbocycles. The summed E-state index contributed by atoms with van der Waals surface area (Å²) in [6.45, 7) is 0.265. The molecule has 92 valence electrons. The van der Waals surface area contributed by atoms with Gasteiger partial charge in [0.15, 0.2) is 11.5 Å². The Labute approximate surface area is 106 Å². The largest absolute Gasteiger partial charge is 0.454 e. The number of ketones is 1. The minimum Gasteiger partial charge on any atom is -0.454 e. The summed E-state index contributed by atoms with van der Waals surface area (Å²) in [4.78, 5) is 12.1. The first kappa shape index (κ1) is 11.1. The maximum atomic E-state index is 12.1. The van der Waals surface area contributed by atoms with Crippen LogP contribution in [0.3, 0.4) is 0 Å². The topological polar surface area (TPSA) is 35.5 Å². The highest BCUT2D eigenvalue weighted by Crippen LogP contribution is 2.32. The van der Waals surface area contributed by atoms with Crippen molar-refractivity contribution < 1.29 is 14.3 Å². The van der Waals surface area contributed by atoms with Gasteiger partial charge < -0.3 is 9.47 Å². The van der Waals surface area contributed by atoms with Gasteiger partial charge in [-0.2, -0.15) is 0 Å². The smallest absolute Gasteiger partial charge is 0.231 e. The lowest BCUT2D eigenvalue weighted by atomic mass is 9.94. The minimum atomic E-state index is -0.0795. The van der Waals surface area contributed by atoms with Gasteiger partial charge in [-0.05, 0) is 24.1 Å². The lowest BCUT2D eigenvalue weighted by molar-refractivity contribution is -0.119. The quantitative estimate of drug-likeness (QED) is 0.764. The molecule has 0 radical (unpaired) electrons. The van der Waals surface area contributed by atoms with E-state index in [2.05, 4.69) is 0 Å². The van der Waals surface area contributed by atoms with E-state index in [0.29, 0.717) is 6.42 Å². The third-order valence-electron chi connectivity index (χ3n) is 3.15. The van der Waals surface area contributed by atoms with Gasteiger partial charge in [0.25, 0.3) is 0 Å². The zero-order chi connectivity index (χ0) is 12.4. The molecule has 0 saturated heterocycles. The molecule has 0 atom stereocenters. The number of benzene rings is 1. The fourth-order valence-electron chi connectivity index (χ4n) is 2.18. The van der Waals surface area contributed by atoms with Crippen LogP contribution in [0.2, 0.25) is 0 Å². The summed E-state index contributed by atoms with van der Waals surface area (Å²) in [5, 5.41) is 0. The Morgan fingerprint density at radius 1 is 1.17 bits per heavy atom. The molecular weight excluding hydrogens is 228 g/mol. The van der Waals surface area contributed by atoms with Crippen molar-refractivity contribution in [2.24, 2.45) is 5.92 Å².